The van der Waals surface area contributed by atoms with E-state index < -0.39 is 11.0 Å². The largest absolute Gasteiger partial charge is 0.396 e. The second kappa shape index (κ2) is 4.86. The van der Waals surface area contributed by atoms with Gasteiger partial charge in [-0.2, -0.15) is 0 Å². The predicted octanol–water partition coefficient (Wildman–Crippen LogP) is 1.26. The number of hydrogen-bond donors (Lipinski definition) is 2. The first-order valence-corrected chi connectivity index (χ1v) is 4.59. The van der Waals surface area contributed by atoms with E-state index in [4.69, 9.17) is 5.11 Å². The fourth-order valence-electron chi connectivity index (χ4n) is 1.22. The van der Waals surface area contributed by atoms with Crippen LogP contribution in [0, 0.1) is 16.0 Å². The van der Waals surface area contributed by atoms with E-state index in [0.29, 0.717) is 5.56 Å². The van der Waals surface area contributed by atoms with Crippen molar-refractivity contribution in [1.82, 2.24) is 0 Å². The lowest BCUT2D eigenvalue weighted by atomic mass is 9.98. The van der Waals surface area contributed by atoms with Crippen molar-refractivity contribution in [1.29, 1.82) is 0 Å². The summed E-state index contributed by atoms with van der Waals surface area (Å²) in [5.41, 5.74) is 0.560. The van der Waals surface area contributed by atoms with Crippen molar-refractivity contribution >= 4 is 5.69 Å². The third-order valence-electron chi connectivity index (χ3n) is 2.27. The highest BCUT2D eigenvalue weighted by molar-refractivity contribution is 5.33. The SMILES string of the molecule is C[C@H](CO)[C@H](O)c1ccc([N+](=O)[O-])cc1. The van der Waals surface area contributed by atoms with Crippen molar-refractivity contribution in [3.8, 4) is 0 Å². The number of non-ortho nitro benzene ring substituents is 1. The molecule has 0 fully saturated rings. The van der Waals surface area contributed by atoms with Gasteiger partial charge in [0.2, 0.25) is 0 Å². The van der Waals surface area contributed by atoms with Gasteiger partial charge in [-0.3, -0.25) is 10.1 Å². The molecule has 0 saturated heterocycles. The monoisotopic (exact) mass is 211 g/mol. The first-order valence-electron chi connectivity index (χ1n) is 4.59. The zero-order chi connectivity index (χ0) is 11.4. The standard InChI is InChI=1S/C10H13NO4/c1-7(6-12)10(13)8-2-4-9(5-3-8)11(14)15/h2-5,7,10,12-13H,6H2,1H3/t7-,10+/m1/s1. The maximum atomic E-state index is 10.4. The van der Waals surface area contributed by atoms with Gasteiger partial charge in [0.15, 0.2) is 0 Å². The van der Waals surface area contributed by atoms with Crippen molar-refractivity contribution in [2.75, 3.05) is 6.61 Å². The van der Waals surface area contributed by atoms with Crippen LogP contribution in [0.1, 0.15) is 18.6 Å². The minimum atomic E-state index is -0.796. The summed E-state index contributed by atoms with van der Waals surface area (Å²) in [6.07, 6.45) is -0.796. The first kappa shape index (κ1) is 11.6. The van der Waals surface area contributed by atoms with Gasteiger partial charge in [0.25, 0.3) is 5.69 Å². The molecule has 0 bridgehead atoms. The fraction of sp³-hybridized carbons (Fsp3) is 0.400. The van der Waals surface area contributed by atoms with E-state index in [1.54, 1.807) is 6.92 Å². The van der Waals surface area contributed by atoms with Crippen LogP contribution in [0.4, 0.5) is 5.69 Å². The van der Waals surface area contributed by atoms with E-state index in [9.17, 15) is 15.2 Å². The lowest BCUT2D eigenvalue weighted by molar-refractivity contribution is -0.384. The normalized spacial score (nSPS) is 14.6. The second-order valence-electron chi connectivity index (χ2n) is 3.45. The molecular formula is C10H13NO4. The van der Waals surface area contributed by atoms with Gasteiger partial charge in [0.1, 0.15) is 0 Å². The Hall–Kier alpha value is -1.46. The van der Waals surface area contributed by atoms with Crippen molar-refractivity contribution in [2.45, 2.75) is 13.0 Å². The topological polar surface area (TPSA) is 83.6 Å². The molecule has 0 amide bonds. The molecule has 0 aliphatic heterocycles. The summed E-state index contributed by atoms with van der Waals surface area (Å²) in [7, 11) is 0. The molecular weight excluding hydrogens is 198 g/mol. The Morgan fingerprint density at radius 2 is 1.93 bits per heavy atom. The average molecular weight is 211 g/mol. The first-order chi connectivity index (χ1) is 7.06. The molecule has 0 aromatic heterocycles. The summed E-state index contributed by atoms with van der Waals surface area (Å²) in [5, 5.41) is 28.9. The van der Waals surface area contributed by atoms with Crippen LogP contribution in [0.25, 0.3) is 0 Å². The van der Waals surface area contributed by atoms with Crippen LogP contribution in [0.2, 0.25) is 0 Å². The molecule has 82 valence electrons. The maximum Gasteiger partial charge on any atom is 0.269 e. The van der Waals surface area contributed by atoms with Crippen LogP contribution in [0.5, 0.6) is 0 Å². The smallest absolute Gasteiger partial charge is 0.269 e. The third-order valence-corrected chi connectivity index (χ3v) is 2.27. The molecule has 1 aromatic carbocycles. The molecule has 1 aromatic rings. The Morgan fingerprint density at radius 3 is 2.33 bits per heavy atom. The summed E-state index contributed by atoms with van der Waals surface area (Å²) in [6.45, 7) is 1.57. The molecule has 2 N–H and O–H groups in total. The molecule has 0 spiro atoms. The van der Waals surface area contributed by atoms with Gasteiger partial charge in [0, 0.05) is 24.7 Å². The molecule has 0 radical (unpaired) electrons. The summed E-state index contributed by atoms with van der Waals surface area (Å²) >= 11 is 0. The predicted molar refractivity (Wildman–Crippen MR) is 54.3 cm³/mol. The number of benzene rings is 1. The van der Waals surface area contributed by atoms with Crippen LogP contribution in [0.15, 0.2) is 24.3 Å². The maximum absolute atomic E-state index is 10.4. The van der Waals surface area contributed by atoms with Crippen molar-refractivity contribution in [3.05, 3.63) is 39.9 Å². The molecule has 5 nitrogen and oxygen atoms in total. The lowest BCUT2D eigenvalue weighted by Crippen LogP contribution is -2.12. The minimum Gasteiger partial charge on any atom is -0.396 e. The zero-order valence-electron chi connectivity index (χ0n) is 8.33. The summed E-state index contributed by atoms with van der Waals surface area (Å²) in [6, 6.07) is 5.66. The van der Waals surface area contributed by atoms with E-state index >= 15 is 0 Å². The number of hydrogen-bond acceptors (Lipinski definition) is 4. The van der Waals surface area contributed by atoms with E-state index in [1.165, 1.54) is 24.3 Å². The summed E-state index contributed by atoms with van der Waals surface area (Å²) in [5.74, 6) is -0.286. The highest BCUT2D eigenvalue weighted by Gasteiger charge is 2.16. The molecule has 1 rings (SSSR count). The van der Waals surface area contributed by atoms with E-state index in [-0.39, 0.29) is 18.2 Å². The molecule has 0 saturated carbocycles. The number of nitro groups is 1. The minimum absolute atomic E-state index is 0.0115. The number of aliphatic hydroxyl groups is 2. The van der Waals surface area contributed by atoms with Crippen LogP contribution < -0.4 is 0 Å². The second-order valence-corrected chi connectivity index (χ2v) is 3.45. The van der Waals surface area contributed by atoms with Gasteiger partial charge in [-0.15, -0.1) is 0 Å². The van der Waals surface area contributed by atoms with Crippen LogP contribution >= 0.6 is 0 Å². The third kappa shape index (κ3) is 2.74. The molecule has 5 heteroatoms. The number of rotatable bonds is 4. The van der Waals surface area contributed by atoms with E-state index in [2.05, 4.69) is 0 Å². The highest BCUT2D eigenvalue weighted by atomic mass is 16.6. The summed E-state index contributed by atoms with van der Waals surface area (Å²) in [4.78, 5) is 9.88. The Labute approximate surface area is 87.1 Å². The Kier molecular flexibility index (Phi) is 3.76. The van der Waals surface area contributed by atoms with Gasteiger partial charge in [-0.05, 0) is 17.7 Å². The van der Waals surface area contributed by atoms with Gasteiger partial charge >= 0.3 is 0 Å². The Balaban J connectivity index is 2.84. The van der Waals surface area contributed by atoms with E-state index in [1.807, 2.05) is 0 Å². The van der Waals surface area contributed by atoms with E-state index in [0.717, 1.165) is 0 Å². The molecule has 0 heterocycles. The quantitative estimate of drug-likeness (QED) is 0.580. The van der Waals surface area contributed by atoms with Gasteiger partial charge in [-0.1, -0.05) is 6.92 Å². The number of aliphatic hydroxyl groups excluding tert-OH is 2. The summed E-state index contributed by atoms with van der Waals surface area (Å²) < 4.78 is 0. The zero-order valence-corrected chi connectivity index (χ0v) is 8.33. The van der Waals surface area contributed by atoms with Crippen molar-refractivity contribution < 1.29 is 15.1 Å². The highest BCUT2D eigenvalue weighted by Crippen LogP contribution is 2.23. The van der Waals surface area contributed by atoms with Crippen molar-refractivity contribution in [2.24, 2.45) is 5.92 Å². The lowest BCUT2D eigenvalue weighted by Gasteiger charge is -2.16. The van der Waals surface area contributed by atoms with Gasteiger partial charge < -0.3 is 10.2 Å². The molecule has 0 unspecified atom stereocenters. The molecule has 0 aliphatic rings. The van der Waals surface area contributed by atoms with Crippen LogP contribution in [-0.4, -0.2) is 21.7 Å². The Morgan fingerprint density at radius 1 is 1.40 bits per heavy atom. The van der Waals surface area contributed by atoms with Crippen LogP contribution in [-0.2, 0) is 0 Å². The van der Waals surface area contributed by atoms with Crippen molar-refractivity contribution in [3.63, 3.8) is 0 Å². The van der Waals surface area contributed by atoms with Gasteiger partial charge in [-0.25, -0.2) is 0 Å². The average Bonchev–Trinajstić information content (AvgIpc) is 2.27. The molecule has 2 atom stereocenters. The van der Waals surface area contributed by atoms with Gasteiger partial charge in [0.05, 0.1) is 11.0 Å². The van der Waals surface area contributed by atoms with Crippen LogP contribution in [0.3, 0.4) is 0 Å². The molecule has 0 aliphatic carbocycles. The molecule has 15 heavy (non-hydrogen) atoms. The number of nitrogens with zero attached hydrogens (tertiary/aromatic N) is 1. The fourth-order valence-corrected chi connectivity index (χ4v) is 1.22. The Bertz CT molecular complexity index is 336. The number of nitro benzene ring substituents is 1.